The molecule has 1 amide bonds. The monoisotopic (exact) mass is 281 g/mol. The number of nitrogens with zero attached hydrogens (tertiary/aromatic N) is 2. The van der Waals surface area contributed by atoms with Crippen LogP contribution < -0.4 is 5.32 Å². The number of aromatic nitrogens is 2. The maximum Gasteiger partial charge on any atom is 0.221 e. The molecule has 0 unspecified atom stereocenters. The topological polar surface area (TPSA) is 67.2 Å². The lowest BCUT2D eigenvalue weighted by Gasteiger charge is -2.05. The molecule has 2 aromatic rings. The van der Waals surface area contributed by atoms with E-state index >= 15 is 0 Å². The molecule has 1 aromatic heterocycles. The number of halogens is 1. The highest BCUT2D eigenvalue weighted by molar-refractivity contribution is 6.34. The molecule has 1 heterocycles. The Morgan fingerprint density at radius 2 is 2.21 bits per heavy atom. The van der Waals surface area contributed by atoms with Gasteiger partial charge in [-0.05, 0) is 18.6 Å². The predicted molar refractivity (Wildman–Crippen MR) is 74.1 cm³/mol. The standard InChI is InChI=1S/C13H16ClN3O2/c14-13-10-4-1-2-5-11(10)17(16-13)8-6-12(19)15-7-3-9-18/h1-2,4-5,18H,3,6-9H2,(H,15,19). The van der Waals surface area contributed by atoms with E-state index in [-0.39, 0.29) is 12.5 Å². The van der Waals surface area contributed by atoms with E-state index in [2.05, 4.69) is 10.4 Å². The zero-order chi connectivity index (χ0) is 13.7. The molecule has 0 aliphatic rings. The van der Waals surface area contributed by atoms with E-state index in [4.69, 9.17) is 16.7 Å². The van der Waals surface area contributed by atoms with Crippen molar-refractivity contribution in [2.45, 2.75) is 19.4 Å². The van der Waals surface area contributed by atoms with Crippen molar-refractivity contribution in [2.24, 2.45) is 0 Å². The minimum atomic E-state index is -0.0517. The van der Waals surface area contributed by atoms with Crippen LogP contribution in [0, 0.1) is 0 Å². The zero-order valence-corrected chi connectivity index (χ0v) is 11.2. The number of carbonyl (C=O) groups excluding carboxylic acids is 1. The molecule has 6 heteroatoms. The highest BCUT2D eigenvalue weighted by atomic mass is 35.5. The summed E-state index contributed by atoms with van der Waals surface area (Å²) in [6.45, 7) is 1.06. The van der Waals surface area contributed by atoms with Crippen molar-refractivity contribution in [3.63, 3.8) is 0 Å². The molecule has 0 aliphatic heterocycles. The molecule has 2 N–H and O–H groups in total. The number of aryl methyl sites for hydroxylation is 1. The number of carbonyl (C=O) groups is 1. The number of nitrogens with one attached hydrogen (secondary N) is 1. The van der Waals surface area contributed by atoms with Gasteiger partial charge in [0, 0.05) is 25.0 Å². The minimum Gasteiger partial charge on any atom is -0.396 e. The fraction of sp³-hybridized carbons (Fsp3) is 0.385. The van der Waals surface area contributed by atoms with Crippen LogP contribution in [0.3, 0.4) is 0 Å². The highest BCUT2D eigenvalue weighted by Gasteiger charge is 2.09. The van der Waals surface area contributed by atoms with E-state index in [0.717, 1.165) is 10.9 Å². The van der Waals surface area contributed by atoms with Gasteiger partial charge in [-0.25, -0.2) is 0 Å². The number of hydrogen-bond acceptors (Lipinski definition) is 3. The first-order valence-electron chi connectivity index (χ1n) is 6.21. The second kappa shape index (κ2) is 6.54. The number of para-hydroxylation sites is 1. The van der Waals surface area contributed by atoms with Crippen molar-refractivity contribution < 1.29 is 9.90 Å². The molecule has 0 spiro atoms. The van der Waals surface area contributed by atoms with Gasteiger partial charge in [0.15, 0.2) is 5.15 Å². The summed E-state index contributed by atoms with van der Waals surface area (Å²) in [6.07, 6.45) is 0.912. The van der Waals surface area contributed by atoms with Gasteiger partial charge in [0.2, 0.25) is 5.91 Å². The van der Waals surface area contributed by atoms with Crippen molar-refractivity contribution in [1.82, 2.24) is 15.1 Å². The van der Waals surface area contributed by atoms with E-state index in [0.29, 0.717) is 31.1 Å². The van der Waals surface area contributed by atoms with E-state index < -0.39 is 0 Å². The molecular formula is C13H16ClN3O2. The lowest BCUT2D eigenvalue weighted by atomic mass is 10.2. The number of benzene rings is 1. The first-order chi connectivity index (χ1) is 9.22. The first-order valence-corrected chi connectivity index (χ1v) is 6.59. The third-order valence-corrected chi connectivity index (χ3v) is 3.10. The normalized spacial score (nSPS) is 10.8. The van der Waals surface area contributed by atoms with Crippen LogP contribution in [-0.4, -0.2) is 33.9 Å². The molecule has 0 saturated carbocycles. The van der Waals surface area contributed by atoms with Gasteiger partial charge in [-0.15, -0.1) is 0 Å². The van der Waals surface area contributed by atoms with Gasteiger partial charge in [-0.2, -0.15) is 5.10 Å². The molecule has 1 aromatic carbocycles. The van der Waals surface area contributed by atoms with Crippen LogP contribution in [0.5, 0.6) is 0 Å². The Balaban J connectivity index is 1.96. The third kappa shape index (κ3) is 3.45. The lowest BCUT2D eigenvalue weighted by molar-refractivity contribution is -0.121. The summed E-state index contributed by atoms with van der Waals surface area (Å²) in [5, 5.41) is 16.9. The van der Waals surface area contributed by atoms with Gasteiger partial charge in [-0.3, -0.25) is 9.48 Å². The molecule has 19 heavy (non-hydrogen) atoms. The Hall–Kier alpha value is -1.59. The van der Waals surface area contributed by atoms with E-state index in [9.17, 15) is 4.79 Å². The van der Waals surface area contributed by atoms with Crippen LogP contribution in [0.2, 0.25) is 5.15 Å². The number of hydrogen-bond donors (Lipinski definition) is 2. The van der Waals surface area contributed by atoms with Gasteiger partial charge in [0.05, 0.1) is 12.1 Å². The Morgan fingerprint density at radius 3 is 3.00 bits per heavy atom. The summed E-state index contributed by atoms with van der Waals surface area (Å²) >= 11 is 6.04. The molecule has 0 radical (unpaired) electrons. The Morgan fingerprint density at radius 1 is 1.42 bits per heavy atom. The molecule has 5 nitrogen and oxygen atoms in total. The average molecular weight is 282 g/mol. The van der Waals surface area contributed by atoms with Gasteiger partial charge in [-0.1, -0.05) is 23.7 Å². The molecular weight excluding hydrogens is 266 g/mol. The van der Waals surface area contributed by atoms with Crippen molar-refractivity contribution in [2.75, 3.05) is 13.2 Å². The maximum absolute atomic E-state index is 11.6. The fourth-order valence-electron chi connectivity index (χ4n) is 1.86. The van der Waals surface area contributed by atoms with Gasteiger partial charge < -0.3 is 10.4 Å². The molecule has 0 atom stereocenters. The predicted octanol–water partition coefficient (Wildman–Crippen LogP) is 1.58. The number of rotatable bonds is 6. The average Bonchev–Trinajstić information content (AvgIpc) is 2.74. The zero-order valence-electron chi connectivity index (χ0n) is 10.5. The van der Waals surface area contributed by atoms with Crippen LogP contribution in [0.1, 0.15) is 12.8 Å². The Labute approximate surface area is 116 Å². The van der Waals surface area contributed by atoms with E-state index in [1.165, 1.54) is 0 Å². The van der Waals surface area contributed by atoms with Crippen LogP contribution in [0.25, 0.3) is 10.9 Å². The maximum atomic E-state index is 11.6. The SMILES string of the molecule is O=C(CCn1nc(Cl)c2ccccc21)NCCCO. The fourth-order valence-corrected chi connectivity index (χ4v) is 2.11. The van der Waals surface area contributed by atoms with Crippen LogP contribution in [0.4, 0.5) is 0 Å². The van der Waals surface area contributed by atoms with Crippen LogP contribution in [-0.2, 0) is 11.3 Å². The van der Waals surface area contributed by atoms with E-state index in [1.807, 2.05) is 24.3 Å². The Kier molecular flexibility index (Phi) is 4.76. The van der Waals surface area contributed by atoms with E-state index in [1.54, 1.807) is 4.68 Å². The third-order valence-electron chi connectivity index (χ3n) is 2.82. The summed E-state index contributed by atoms with van der Waals surface area (Å²) in [4.78, 5) is 11.6. The molecule has 0 bridgehead atoms. The lowest BCUT2D eigenvalue weighted by Crippen LogP contribution is -2.26. The van der Waals surface area contributed by atoms with Crippen molar-refractivity contribution >= 4 is 28.4 Å². The smallest absolute Gasteiger partial charge is 0.221 e. The minimum absolute atomic E-state index is 0.0517. The van der Waals surface area contributed by atoms with Gasteiger partial charge >= 0.3 is 0 Å². The molecule has 0 aliphatic carbocycles. The van der Waals surface area contributed by atoms with Gasteiger partial charge in [0.25, 0.3) is 0 Å². The second-order valence-corrected chi connectivity index (χ2v) is 4.57. The van der Waals surface area contributed by atoms with Crippen molar-refractivity contribution in [3.05, 3.63) is 29.4 Å². The van der Waals surface area contributed by atoms with Crippen molar-refractivity contribution in [1.29, 1.82) is 0 Å². The first kappa shape index (κ1) is 13.8. The number of amides is 1. The molecule has 102 valence electrons. The van der Waals surface area contributed by atoms with Crippen molar-refractivity contribution in [3.8, 4) is 0 Å². The summed E-state index contributed by atoms with van der Waals surface area (Å²) in [6, 6.07) is 7.65. The Bertz CT molecular complexity index is 568. The largest absolute Gasteiger partial charge is 0.396 e. The highest BCUT2D eigenvalue weighted by Crippen LogP contribution is 2.22. The second-order valence-electron chi connectivity index (χ2n) is 4.21. The summed E-state index contributed by atoms with van der Waals surface area (Å²) in [5.74, 6) is -0.0517. The number of aliphatic hydroxyl groups is 1. The number of aliphatic hydroxyl groups excluding tert-OH is 1. The molecule has 0 fully saturated rings. The van der Waals surface area contributed by atoms with Crippen LogP contribution >= 0.6 is 11.6 Å². The quantitative estimate of drug-likeness (QED) is 0.790. The molecule has 2 rings (SSSR count). The number of fused-ring (bicyclic) bond motifs is 1. The molecule has 0 saturated heterocycles. The summed E-state index contributed by atoms with van der Waals surface area (Å²) in [7, 11) is 0. The summed E-state index contributed by atoms with van der Waals surface area (Å²) < 4.78 is 1.74. The van der Waals surface area contributed by atoms with Crippen LogP contribution in [0.15, 0.2) is 24.3 Å². The van der Waals surface area contributed by atoms with Gasteiger partial charge in [0.1, 0.15) is 0 Å². The summed E-state index contributed by atoms with van der Waals surface area (Å²) in [5.41, 5.74) is 0.927.